The van der Waals surface area contributed by atoms with E-state index in [-0.39, 0.29) is 12.2 Å². The quantitative estimate of drug-likeness (QED) is 0.664. The molecule has 26 heavy (non-hydrogen) atoms. The molecular formula is C17H15ClN4O4. The maximum Gasteiger partial charge on any atom is 0.361 e. The Bertz CT molecular complexity index is 921. The number of aromatic nitrogens is 3. The Morgan fingerprint density at radius 2 is 2.12 bits per heavy atom. The molecule has 3 rings (SSSR count). The molecule has 0 bridgehead atoms. The first-order valence-electron chi connectivity index (χ1n) is 7.69. The fourth-order valence-corrected chi connectivity index (χ4v) is 2.32. The van der Waals surface area contributed by atoms with Crippen LogP contribution in [0.15, 0.2) is 47.1 Å². The number of hydrogen-bond acceptors (Lipinski definition) is 6. The van der Waals surface area contributed by atoms with E-state index in [4.69, 9.17) is 20.8 Å². The Hall–Kier alpha value is -3.13. The van der Waals surface area contributed by atoms with E-state index in [9.17, 15) is 9.59 Å². The highest BCUT2D eigenvalue weighted by Gasteiger charge is 2.19. The Morgan fingerprint density at radius 3 is 2.85 bits per heavy atom. The summed E-state index contributed by atoms with van der Waals surface area (Å²) in [5.74, 6) is -0.580. The van der Waals surface area contributed by atoms with Crippen LogP contribution in [0.1, 0.15) is 21.9 Å². The van der Waals surface area contributed by atoms with Crippen molar-refractivity contribution < 1.29 is 18.7 Å². The van der Waals surface area contributed by atoms with E-state index in [1.807, 2.05) is 0 Å². The third kappa shape index (κ3) is 4.28. The minimum atomic E-state index is -0.732. The molecule has 0 unspecified atom stereocenters. The number of aryl methyl sites for hydroxylation is 1. The van der Waals surface area contributed by atoms with Crippen molar-refractivity contribution in [1.29, 1.82) is 0 Å². The lowest BCUT2D eigenvalue weighted by atomic mass is 10.3. The SMILES string of the molecule is Cc1nn(-c2cccc(Cl)c2)nc1C(=O)OCC(=O)NCc1ccco1. The molecule has 0 fully saturated rings. The molecule has 1 N–H and O–H groups in total. The number of nitrogens with one attached hydrogen (secondary N) is 1. The van der Waals surface area contributed by atoms with Crippen LogP contribution in [-0.4, -0.2) is 33.5 Å². The van der Waals surface area contributed by atoms with Gasteiger partial charge in [0.15, 0.2) is 12.3 Å². The van der Waals surface area contributed by atoms with Crippen molar-refractivity contribution in [3.63, 3.8) is 0 Å². The van der Waals surface area contributed by atoms with Gasteiger partial charge in [-0.15, -0.1) is 5.10 Å². The third-order valence-corrected chi connectivity index (χ3v) is 3.62. The molecule has 2 heterocycles. The van der Waals surface area contributed by atoms with E-state index in [0.717, 1.165) is 0 Å². The predicted octanol–water partition coefficient (Wildman–Crippen LogP) is 2.30. The van der Waals surface area contributed by atoms with Gasteiger partial charge in [-0.25, -0.2) is 4.79 Å². The first-order chi connectivity index (χ1) is 12.5. The zero-order chi connectivity index (χ0) is 18.5. The zero-order valence-electron chi connectivity index (χ0n) is 13.8. The van der Waals surface area contributed by atoms with E-state index >= 15 is 0 Å². The van der Waals surface area contributed by atoms with Crippen LogP contribution in [0.25, 0.3) is 5.69 Å². The summed E-state index contributed by atoms with van der Waals surface area (Å²) in [6.45, 7) is 1.41. The van der Waals surface area contributed by atoms with Gasteiger partial charge in [0, 0.05) is 5.02 Å². The highest BCUT2D eigenvalue weighted by molar-refractivity contribution is 6.30. The van der Waals surface area contributed by atoms with Crippen LogP contribution in [0, 0.1) is 6.92 Å². The number of benzene rings is 1. The Labute approximate surface area is 153 Å². The summed E-state index contributed by atoms with van der Waals surface area (Å²) in [6, 6.07) is 10.3. The topological polar surface area (TPSA) is 99.3 Å². The average molecular weight is 375 g/mol. The highest BCUT2D eigenvalue weighted by Crippen LogP contribution is 2.14. The van der Waals surface area contributed by atoms with Crippen LogP contribution in [0.4, 0.5) is 0 Å². The number of ether oxygens (including phenoxy) is 1. The van der Waals surface area contributed by atoms with Gasteiger partial charge in [-0.2, -0.15) is 9.90 Å². The monoisotopic (exact) mass is 374 g/mol. The van der Waals surface area contributed by atoms with Crippen molar-refractivity contribution >= 4 is 23.5 Å². The van der Waals surface area contributed by atoms with Gasteiger partial charge in [-0.1, -0.05) is 17.7 Å². The predicted molar refractivity (Wildman–Crippen MR) is 91.9 cm³/mol. The normalized spacial score (nSPS) is 10.5. The molecule has 0 atom stereocenters. The summed E-state index contributed by atoms with van der Waals surface area (Å²) in [5.41, 5.74) is 1.02. The van der Waals surface area contributed by atoms with Gasteiger partial charge < -0.3 is 14.5 Å². The fourth-order valence-electron chi connectivity index (χ4n) is 2.13. The van der Waals surface area contributed by atoms with Gasteiger partial charge >= 0.3 is 5.97 Å². The molecule has 134 valence electrons. The van der Waals surface area contributed by atoms with Crippen molar-refractivity contribution in [2.24, 2.45) is 0 Å². The maximum atomic E-state index is 12.2. The van der Waals surface area contributed by atoms with E-state index in [0.29, 0.717) is 22.2 Å². The summed E-state index contributed by atoms with van der Waals surface area (Å²) in [7, 11) is 0. The summed E-state index contributed by atoms with van der Waals surface area (Å²) in [4.78, 5) is 25.2. The molecular weight excluding hydrogens is 360 g/mol. The van der Waals surface area contributed by atoms with Crippen LogP contribution in [-0.2, 0) is 16.1 Å². The Morgan fingerprint density at radius 1 is 1.27 bits per heavy atom. The molecule has 3 aromatic rings. The molecule has 8 nitrogen and oxygen atoms in total. The van der Waals surface area contributed by atoms with E-state index in [1.165, 1.54) is 11.1 Å². The number of halogens is 1. The largest absolute Gasteiger partial charge is 0.467 e. The second kappa shape index (κ2) is 7.83. The van der Waals surface area contributed by atoms with E-state index < -0.39 is 18.5 Å². The molecule has 1 amide bonds. The van der Waals surface area contributed by atoms with Crippen LogP contribution in [0.3, 0.4) is 0 Å². The van der Waals surface area contributed by atoms with Crippen molar-refractivity contribution in [1.82, 2.24) is 20.3 Å². The minimum Gasteiger partial charge on any atom is -0.467 e. The second-order valence-electron chi connectivity index (χ2n) is 5.34. The average Bonchev–Trinajstić information content (AvgIpc) is 3.27. The van der Waals surface area contributed by atoms with Crippen LogP contribution in [0.5, 0.6) is 0 Å². The van der Waals surface area contributed by atoms with Gasteiger partial charge in [0.25, 0.3) is 5.91 Å². The molecule has 0 saturated carbocycles. The van der Waals surface area contributed by atoms with Gasteiger partial charge in [-0.05, 0) is 37.3 Å². The number of carbonyl (C=O) groups excluding carboxylic acids is 2. The molecule has 0 spiro atoms. The molecule has 0 aliphatic rings. The smallest absolute Gasteiger partial charge is 0.361 e. The van der Waals surface area contributed by atoms with Crippen molar-refractivity contribution in [2.45, 2.75) is 13.5 Å². The van der Waals surface area contributed by atoms with Gasteiger partial charge in [0.1, 0.15) is 5.76 Å². The molecule has 0 saturated heterocycles. The lowest BCUT2D eigenvalue weighted by Crippen LogP contribution is -2.28. The number of furan rings is 1. The van der Waals surface area contributed by atoms with Crippen molar-refractivity contribution in [2.75, 3.05) is 6.61 Å². The summed E-state index contributed by atoms with van der Waals surface area (Å²) in [6.07, 6.45) is 1.51. The number of carbonyl (C=O) groups is 2. The summed E-state index contributed by atoms with van der Waals surface area (Å²) >= 11 is 5.94. The summed E-state index contributed by atoms with van der Waals surface area (Å²) in [5, 5.41) is 11.4. The molecule has 0 aliphatic heterocycles. The van der Waals surface area contributed by atoms with Crippen molar-refractivity contribution in [3.05, 3.63) is 64.8 Å². The summed E-state index contributed by atoms with van der Waals surface area (Å²) < 4.78 is 10.1. The zero-order valence-corrected chi connectivity index (χ0v) is 14.6. The van der Waals surface area contributed by atoms with Gasteiger partial charge in [-0.3, -0.25) is 4.79 Å². The first kappa shape index (κ1) is 17.7. The Kier molecular flexibility index (Phi) is 5.33. The third-order valence-electron chi connectivity index (χ3n) is 3.39. The van der Waals surface area contributed by atoms with Crippen LogP contribution in [0.2, 0.25) is 5.02 Å². The first-order valence-corrected chi connectivity index (χ1v) is 8.07. The number of esters is 1. The van der Waals surface area contributed by atoms with Crippen LogP contribution < -0.4 is 5.32 Å². The molecule has 2 aromatic heterocycles. The lowest BCUT2D eigenvalue weighted by Gasteiger charge is -2.04. The number of hydrogen-bond donors (Lipinski definition) is 1. The van der Waals surface area contributed by atoms with E-state index in [1.54, 1.807) is 43.3 Å². The number of rotatable bonds is 6. The highest BCUT2D eigenvalue weighted by atomic mass is 35.5. The van der Waals surface area contributed by atoms with Gasteiger partial charge in [0.05, 0.1) is 24.2 Å². The van der Waals surface area contributed by atoms with Crippen LogP contribution >= 0.6 is 11.6 Å². The standard InChI is InChI=1S/C17H15ClN4O4/c1-11-16(21-22(20-11)13-5-2-4-12(18)8-13)17(24)26-10-15(23)19-9-14-6-3-7-25-14/h2-8H,9-10H2,1H3,(H,19,23). The molecule has 1 aromatic carbocycles. The lowest BCUT2D eigenvalue weighted by molar-refractivity contribution is -0.124. The maximum absolute atomic E-state index is 12.2. The van der Waals surface area contributed by atoms with Gasteiger partial charge in [0.2, 0.25) is 0 Å². The molecule has 0 radical (unpaired) electrons. The van der Waals surface area contributed by atoms with Crippen molar-refractivity contribution in [3.8, 4) is 5.69 Å². The second-order valence-corrected chi connectivity index (χ2v) is 5.77. The number of amides is 1. The number of nitrogens with zero attached hydrogens (tertiary/aromatic N) is 3. The molecule has 0 aliphatic carbocycles. The molecule has 9 heteroatoms. The minimum absolute atomic E-state index is 0.0313. The Balaban J connectivity index is 1.58. The fraction of sp³-hybridized carbons (Fsp3) is 0.176. The van der Waals surface area contributed by atoms with E-state index in [2.05, 4.69) is 15.5 Å².